The summed E-state index contributed by atoms with van der Waals surface area (Å²) in [6.07, 6.45) is 0. The first-order chi connectivity index (χ1) is 8.58. The number of benzene rings is 1. The van der Waals surface area contributed by atoms with Crippen LogP contribution in [0.3, 0.4) is 0 Å². The molecule has 0 fully saturated rings. The Morgan fingerprint density at radius 3 is 2.78 bits per heavy atom. The molecular formula is C13H14ClN3O. The lowest BCUT2D eigenvalue weighted by molar-refractivity contribution is 0.0950. The van der Waals surface area contributed by atoms with Crippen molar-refractivity contribution >= 4 is 17.5 Å². The third kappa shape index (κ3) is 2.71. The van der Waals surface area contributed by atoms with Crippen LogP contribution in [0, 0.1) is 6.92 Å². The van der Waals surface area contributed by atoms with E-state index in [2.05, 4.69) is 10.4 Å². The molecule has 0 saturated heterocycles. The minimum absolute atomic E-state index is 0.181. The number of carbonyl (C=O) groups is 1. The summed E-state index contributed by atoms with van der Waals surface area (Å²) >= 11 is 5.96. The van der Waals surface area contributed by atoms with Crippen LogP contribution < -0.4 is 5.32 Å². The molecule has 0 aliphatic carbocycles. The number of rotatable bonds is 3. The van der Waals surface area contributed by atoms with Crippen LogP contribution in [0.1, 0.15) is 21.7 Å². The van der Waals surface area contributed by atoms with E-state index in [1.807, 2.05) is 20.0 Å². The van der Waals surface area contributed by atoms with Crippen molar-refractivity contribution in [2.24, 2.45) is 7.05 Å². The third-order valence-electron chi connectivity index (χ3n) is 2.65. The first-order valence-electron chi connectivity index (χ1n) is 5.60. The molecule has 0 radical (unpaired) electrons. The zero-order chi connectivity index (χ0) is 13.1. The van der Waals surface area contributed by atoms with E-state index in [1.165, 1.54) is 0 Å². The van der Waals surface area contributed by atoms with Crippen LogP contribution in [0.25, 0.3) is 0 Å². The summed E-state index contributed by atoms with van der Waals surface area (Å²) in [5.74, 6) is -0.181. The number of hydrogen-bond donors (Lipinski definition) is 1. The Morgan fingerprint density at radius 1 is 1.44 bits per heavy atom. The molecular weight excluding hydrogens is 250 g/mol. The molecule has 2 aromatic rings. The maximum Gasteiger partial charge on any atom is 0.253 e. The molecule has 1 aromatic carbocycles. The SMILES string of the molecule is Cc1cc(CNC(=O)c2ccccc2Cl)n(C)n1. The van der Waals surface area contributed by atoms with Gasteiger partial charge >= 0.3 is 0 Å². The zero-order valence-electron chi connectivity index (χ0n) is 10.3. The molecule has 0 spiro atoms. The number of amides is 1. The highest BCUT2D eigenvalue weighted by Crippen LogP contribution is 2.14. The highest BCUT2D eigenvalue weighted by atomic mass is 35.5. The van der Waals surface area contributed by atoms with Gasteiger partial charge in [0.05, 0.1) is 28.5 Å². The Bertz CT molecular complexity index is 577. The normalized spacial score (nSPS) is 10.4. The standard InChI is InChI=1S/C13H14ClN3O/c1-9-7-10(17(2)16-9)8-15-13(18)11-5-3-4-6-12(11)14/h3-7H,8H2,1-2H3,(H,15,18). The van der Waals surface area contributed by atoms with Crippen molar-refractivity contribution < 1.29 is 4.79 Å². The molecule has 0 aliphatic rings. The number of hydrogen-bond acceptors (Lipinski definition) is 2. The van der Waals surface area contributed by atoms with E-state index in [1.54, 1.807) is 28.9 Å². The molecule has 0 bridgehead atoms. The van der Waals surface area contributed by atoms with Gasteiger partial charge in [-0.05, 0) is 25.1 Å². The Morgan fingerprint density at radius 2 is 2.17 bits per heavy atom. The summed E-state index contributed by atoms with van der Waals surface area (Å²) in [5, 5.41) is 7.50. The van der Waals surface area contributed by atoms with Gasteiger partial charge in [0.15, 0.2) is 0 Å². The second-order valence-electron chi connectivity index (χ2n) is 4.06. The molecule has 0 aliphatic heterocycles. The average Bonchev–Trinajstić information content (AvgIpc) is 2.65. The maximum absolute atomic E-state index is 11.9. The van der Waals surface area contributed by atoms with Crippen LogP contribution in [0.2, 0.25) is 5.02 Å². The zero-order valence-corrected chi connectivity index (χ0v) is 11.0. The van der Waals surface area contributed by atoms with Crippen molar-refractivity contribution in [1.82, 2.24) is 15.1 Å². The van der Waals surface area contributed by atoms with E-state index in [-0.39, 0.29) is 5.91 Å². The number of aryl methyl sites for hydroxylation is 2. The van der Waals surface area contributed by atoms with E-state index in [0.717, 1.165) is 11.4 Å². The van der Waals surface area contributed by atoms with Crippen LogP contribution in [0.4, 0.5) is 0 Å². The molecule has 1 amide bonds. The van der Waals surface area contributed by atoms with E-state index in [4.69, 9.17) is 11.6 Å². The summed E-state index contributed by atoms with van der Waals surface area (Å²) in [6, 6.07) is 8.92. The van der Waals surface area contributed by atoms with E-state index in [9.17, 15) is 4.79 Å². The molecule has 18 heavy (non-hydrogen) atoms. The van der Waals surface area contributed by atoms with Crippen molar-refractivity contribution in [3.8, 4) is 0 Å². The van der Waals surface area contributed by atoms with Crippen LogP contribution >= 0.6 is 11.6 Å². The Kier molecular flexibility index (Phi) is 3.67. The summed E-state index contributed by atoms with van der Waals surface area (Å²) in [7, 11) is 1.85. The number of carbonyl (C=O) groups excluding carboxylic acids is 1. The van der Waals surface area contributed by atoms with Crippen molar-refractivity contribution in [2.75, 3.05) is 0 Å². The highest BCUT2D eigenvalue weighted by molar-refractivity contribution is 6.33. The monoisotopic (exact) mass is 263 g/mol. The first-order valence-corrected chi connectivity index (χ1v) is 5.98. The Labute approximate surface area is 111 Å². The smallest absolute Gasteiger partial charge is 0.253 e. The predicted octanol–water partition coefficient (Wildman–Crippen LogP) is 2.31. The number of halogens is 1. The number of nitrogens with zero attached hydrogens (tertiary/aromatic N) is 2. The Balaban J connectivity index is 2.05. The lowest BCUT2D eigenvalue weighted by atomic mass is 10.2. The second-order valence-corrected chi connectivity index (χ2v) is 4.47. The third-order valence-corrected chi connectivity index (χ3v) is 2.98. The van der Waals surface area contributed by atoms with Gasteiger partial charge < -0.3 is 5.32 Å². The van der Waals surface area contributed by atoms with Gasteiger partial charge in [0.25, 0.3) is 5.91 Å². The quantitative estimate of drug-likeness (QED) is 0.924. The minimum atomic E-state index is -0.181. The average molecular weight is 264 g/mol. The van der Waals surface area contributed by atoms with Crippen LogP contribution in [-0.4, -0.2) is 15.7 Å². The maximum atomic E-state index is 11.9. The number of aromatic nitrogens is 2. The van der Waals surface area contributed by atoms with Gasteiger partial charge in [-0.25, -0.2) is 0 Å². The summed E-state index contributed by atoms with van der Waals surface area (Å²) in [4.78, 5) is 11.9. The van der Waals surface area contributed by atoms with Gasteiger partial charge in [-0.2, -0.15) is 5.10 Å². The molecule has 2 rings (SSSR count). The van der Waals surface area contributed by atoms with Crippen LogP contribution in [0.5, 0.6) is 0 Å². The molecule has 5 heteroatoms. The fourth-order valence-electron chi connectivity index (χ4n) is 1.74. The van der Waals surface area contributed by atoms with E-state index >= 15 is 0 Å². The van der Waals surface area contributed by atoms with Crippen molar-refractivity contribution in [1.29, 1.82) is 0 Å². The molecule has 1 aromatic heterocycles. The van der Waals surface area contributed by atoms with Gasteiger partial charge in [-0.3, -0.25) is 9.48 Å². The lowest BCUT2D eigenvalue weighted by Crippen LogP contribution is -2.24. The van der Waals surface area contributed by atoms with Gasteiger partial charge in [-0.15, -0.1) is 0 Å². The fourth-order valence-corrected chi connectivity index (χ4v) is 1.96. The Hall–Kier alpha value is -1.81. The second kappa shape index (κ2) is 5.23. The molecule has 0 unspecified atom stereocenters. The van der Waals surface area contributed by atoms with Crippen LogP contribution in [-0.2, 0) is 13.6 Å². The fraction of sp³-hybridized carbons (Fsp3) is 0.231. The topological polar surface area (TPSA) is 46.9 Å². The van der Waals surface area contributed by atoms with Crippen molar-refractivity contribution in [2.45, 2.75) is 13.5 Å². The summed E-state index contributed by atoms with van der Waals surface area (Å²) in [5.41, 5.74) is 2.37. The minimum Gasteiger partial charge on any atom is -0.346 e. The van der Waals surface area contributed by atoms with Gasteiger partial charge in [0.1, 0.15) is 0 Å². The highest BCUT2D eigenvalue weighted by Gasteiger charge is 2.10. The van der Waals surface area contributed by atoms with Crippen molar-refractivity contribution in [3.63, 3.8) is 0 Å². The van der Waals surface area contributed by atoms with E-state index in [0.29, 0.717) is 17.1 Å². The van der Waals surface area contributed by atoms with Gasteiger partial charge in [0.2, 0.25) is 0 Å². The van der Waals surface area contributed by atoms with Crippen LogP contribution in [0.15, 0.2) is 30.3 Å². The molecule has 0 saturated carbocycles. The van der Waals surface area contributed by atoms with Gasteiger partial charge in [-0.1, -0.05) is 23.7 Å². The van der Waals surface area contributed by atoms with Gasteiger partial charge in [0, 0.05) is 7.05 Å². The molecule has 1 heterocycles. The summed E-state index contributed by atoms with van der Waals surface area (Å²) in [6.45, 7) is 2.35. The molecule has 4 nitrogen and oxygen atoms in total. The number of nitrogens with one attached hydrogen (secondary N) is 1. The first kappa shape index (κ1) is 12.6. The molecule has 94 valence electrons. The van der Waals surface area contributed by atoms with E-state index < -0.39 is 0 Å². The predicted molar refractivity (Wildman–Crippen MR) is 70.6 cm³/mol. The summed E-state index contributed by atoms with van der Waals surface area (Å²) < 4.78 is 1.75. The van der Waals surface area contributed by atoms with Crippen molar-refractivity contribution in [3.05, 3.63) is 52.3 Å². The lowest BCUT2D eigenvalue weighted by Gasteiger charge is -2.06. The largest absolute Gasteiger partial charge is 0.346 e. The molecule has 1 N–H and O–H groups in total. The molecule has 0 atom stereocenters.